The van der Waals surface area contributed by atoms with Crippen LogP contribution in [0.3, 0.4) is 0 Å². The van der Waals surface area contributed by atoms with Gasteiger partial charge in [0.25, 0.3) is 5.91 Å². The first kappa shape index (κ1) is 21.2. The number of halogens is 3. The molecule has 1 amide bonds. The average molecular weight is 430 g/mol. The number of alkyl halides is 3. The van der Waals surface area contributed by atoms with Crippen molar-refractivity contribution in [1.29, 1.82) is 0 Å². The number of nitrogens with zero attached hydrogens (tertiary/aromatic N) is 3. The lowest BCUT2D eigenvalue weighted by atomic mass is 9.90. The van der Waals surface area contributed by atoms with Crippen molar-refractivity contribution >= 4 is 17.4 Å². The summed E-state index contributed by atoms with van der Waals surface area (Å²) in [4.78, 5) is 18.2. The molecule has 1 saturated carbocycles. The van der Waals surface area contributed by atoms with Gasteiger partial charge in [-0.05, 0) is 56.9 Å². The number of aryl methyl sites for hydroxylation is 1. The van der Waals surface area contributed by atoms with Crippen LogP contribution < -0.4 is 10.2 Å². The fourth-order valence-electron chi connectivity index (χ4n) is 4.19. The third-order valence-electron chi connectivity index (χ3n) is 6.02. The molecule has 2 aromatic heterocycles. The molecule has 0 unspecified atom stereocenters. The van der Waals surface area contributed by atoms with Crippen LogP contribution in [0.5, 0.6) is 0 Å². The largest absolute Gasteiger partial charge is 0.434 e. The van der Waals surface area contributed by atoms with Gasteiger partial charge in [0.05, 0.1) is 0 Å². The number of aromatic nitrogens is 2. The molecule has 1 aromatic carbocycles. The van der Waals surface area contributed by atoms with E-state index in [0.717, 1.165) is 37.4 Å². The van der Waals surface area contributed by atoms with Crippen molar-refractivity contribution in [3.05, 3.63) is 65.5 Å². The fraction of sp³-hybridized carbons (Fsp3) is 0.391. The fourth-order valence-corrected chi connectivity index (χ4v) is 4.19. The summed E-state index contributed by atoms with van der Waals surface area (Å²) in [5.41, 5.74) is 1.14. The molecule has 8 heteroatoms. The molecule has 31 heavy (non-hydrogen) atoms. The summed E-state index contributed by atoms with van der Waals surface area (Å²) in [5, 5.41) is 3.11. The lowest BCUT2D eigenvalue weighted by Gasteiger charge is -2.36. The second kappa shape index (κ2) is 8.24. The van der Waals surface area contributed by atoms with Crippen molar-refractivity contribution in [3.8, 4) is 0 Å². The minimum atomic E-state index is -4.48. The molecule has 3 aromatic rings. The molecular weight excluding hydrogens is 405 g/mol. The van der Waals surface area contributed by atoms with Crippen LogP contribution in [0.2, 0.25) is 0 Å². The molecule has 2 heterocycles. The molecule has 4 rings (SSSR count). The SMILES string of the molecule is Cc1ccc(C(=O)NC2CCC(N(C)c3cccc4nc(C(F)(F)F)cn34)CC2)cc1. The third kappa shape index (κ3) is 4.52. The molecule has 1 N–H and O–H groups in total. The van der Waals surface area contributed by atoms with E-state index in [1.54, 1.807) is 18.2 Å². The minimum Gasteiger partial charge on any atom is -0.358 e. The van der Waals surface area contributed by atoms with Crippen molar-refractivity contribution in [3.63, 3.8) is 0 Å². The number of carbonyl (C=O) groups is 1. The quantitative estimate of drug-likeness (QED) is 0.645. The summed E-state index contributed by atoms with van der Waals surface area (Å²) in [6, 6.07) is 12.9. The van der Waals surface area contributed by atoms with Gasteiger partial charge in [0.1, 0.15) is 11.5 Å². The lowest BCUT2D eigenvalue weighted by Crippen LogP contribution is -2.43. The van der Waals surface area contributed by atoms with E-state index in [1.807, 2.05) is 43.1 Å². The van der Waals surface area contributed by atoms with Crippen LogP contribution >= 0.6 is 0 Å². The van der Waals surface area contributed by atoms with Gasteiger partial charge >= 0.3 is 6.18 Å². The number of nitrogens with one attached hydrogen (secondary N) is 1. The first-order valence-electron chi connectivity index (χ1n) is 10.4. The van der Waals surface area contributed by atoms with Crippen LogP contribution in [0.25, 0.3) is 5.65 Å². The molecule has 1 fully saturated rings. The Kier molecular flexibility index (Phi) is 5.64. The first-order valence-corrected chi connectivity index (χ1v) is 10.4. The highest BCUT2D eigenvalue weighted by Gasteiger charge is 2.34. The Balaban J connectivity index is 1.41. The van der Waals surface area contributed by atoms with E-state index in [9.17, 15) is 18.0 Å². The summed E-state index contributed by atoms with van der Waals surface area (Å²) in [6.07, 6.45) is -0.107. The molecule has 5 nitrogen and oxygen atoms in total. The van der Waals surface area contributed by atoms with Gasteiger partial charge in [-0.25, -0.2) is 4.98 Å². The van der Waals surface area contributed by atoms with E-state index in [2.05, 4.69) is 10.3 Å². The number of carbonyl (C=O) groups excluding carboxylic acids is 1. The van der Waals surface area contributed by atoms with Crippen molar-refractivity contribution in [2.24, 2.45) is 0 Å². The standard InChI is InChI=1S/C23H25F3N4O/c1-15-6-8-16(9-7-15)22(31)27-17-10-12-18(13-11-17)29(2)21-5-3-4-20-28-19(14-30(20)21)23(24,25)26/h3-9,14,17-18H,10-13H2,1-2H3,(H,27,31). The lowest BCUT2D eigenvalue weighted by molar-refractivity contribution is -0.140. The predicted octanol–water partition coefficient (Wildman–Crippen LogP) is 4.84. The summed E-state index contributed by atoms with van der Waals surface area (Å²) < 4.78 is 40.7. The number of rotatable bonds is 4. The van der Waals surface area contributed by atoms with Crippen molar-refractivity contribution in [2.75, 3.05) is 11.9 Å². The van der Waals surface area contributed by atoms with Gasteiger partial charge in [0.15, 0.2) is 5.69 Å². The highest BCUT2D eigenvalue weighted by molar-refractivity contribution is 5.94. The van der Waals surface area contributed by atoms with Crippen LogP contribution in [0, 0.1) is 6.92 Å². The molecule has 1 aliphatic carbocycles. The topological polar surface area (TPSA) is 49.6 Å². The normalized spacial score (nSPS) is 19.4. The Bertz CT molecular complexity index is 1070. The van der Waals surface area contributed by atoms with Crippen LogP contribution in [0.4, 0.5) is 19.0 Å². The number of pyridine rings is 1. The third-order valence-corrected chi connectivity index (χ3v) is 6.02. The van der Waals surface area contributed by atoms with Crippen molar-refractivity contribution in [1.82, 2.24) is 14.7 Å². The Morgan fingerprint density at radius 2 is 1.77 bits per heavy atom. The summed E-state index contributed by atoms with van der Waals surface area (Å²) in [6.45, 7) is 1.98. The van der Waals surface area contributed by atoms with Gasteiger partial charge in [0.2, 0.25) is 0 Å². The number of amides is 1. The van der Waals surface area contributed by atoms with E-state index >= 15 is 0 Å². The van der Waals surface area contributed by atoms with Crippen LogP contribution in [0.15, 0.2) is 48.7 Å². The zero-order chi connectivity index (χ0) is 22.2. The number of fused-ring (bicyclic) bond motifs is 1. The van der Waals surface area contributed by atoms with E-state index < -0.39 is 11.9 Å². The monoisotopic (exact) mass is 430 g/mol. The molecule has 0 bridgehead atoms. The molecule has 0 atom stereocenters. The van der Waals surface area contributed by atoms with E-state index in [4.69, 9.17) is 0 Å². The molecule has 0 radical (unpaired) electrons. The summed E-state index contributed by atoms with van der Waals surface area (Å²) in [5.74, 6) is 0.604. The van der Waals surface area contributed by atoms with Gasteiger partial charge in [0, 0.05) is 30.9 Å². The highest BCUT2D eigenvalue weighted by Crippen LogP contribution is 2.31. The molecule has 0 saturated heterocycles. The molecule has 0 spiro atoms. The zero-order valence-electron chi connectivity index (χ0n) is 17.5. The van der Waals surface area contributed by atoms with Gasteiger partial charge < -0.3 is 10.2 Å². The van der Waals surface area contributed by atoms with Crippen LogP contribution in [0.1, 0.15) is 47.3 Å². The van der Waals surface area contributed by atoms with Crippen LogP contribution in [-0.2, 0) is 6.18 Å². The number of hydrogen-bond donors (Lipinski definition) is 1. The zero-order valence-corrected chi connectivity index (χ0v) is 17.5. The van der Waals surface area contributed by atoms with E-state index in [0.29, 0.717) is 11.4 Å². The summed E-state index contributed by atoms with van der Waals surface area (Å²) >= 11 is 0. The van der Waals surface area contributed by atoms with Gasteiger partial charge in [-0.3, -0.25) is 9.20 Å². The molecule has 0 aliphatic heterocycles. The number of benzene rings is 1. The Morgan fingerprint density at radius 3 is 2.42 bits per heavy atom. The number of imidazole rings is 1. The molecular formula is C23H25F3N4O. The molecule has 164 valence electrons. The predicted molar refractivity (Wildman–Crippen MR) is 113 cm³/mol. The molecule has 1 aliphatic rings. The maximum atomic E-state index is 13.1. The second-order valence-corrected chi connectivity index (χ2v) is 8.19. The van der Waals surface area contributed by atoms with E-state index in [1.165, 1.54) is 4.40 Å². The Hall–Kier alpha value is -3.03. The van der Waals surface area contributed by atoms with Gasteiger partial charge in [-0.2, -0.15) is 13.2 Å². The van der Waals surface area contributed by atoms with Gasteiger partial charge in [-0.15, -0.1) is 0 Å². The van der Waals surface area contributed by atoms with Crippen LogP contribution in [-0.4, -0.2) is 34.4 Å². The smallest absolute Gasteiger partial charge is 0.358 e. The highest BCUT2D eigenvalue weighted by atomic mass is 19.4. The minimum absolute atomic E-state index is 0.0698. The van der Waals surface area contributed by atoms with Crippen molar-refractivity contribution in [2.45, 2.75) is 50.9 Å². The van der Waals surface area contributed by atoms with E-state index in [-0.39, 0.29) is 23.6 Å². The maximum absolute atomic E-state index is 13.1. The first-order chi connectivity index (χ1) is 14.7. The average Bonchev–Trinajstić information content (AvgIpc) is 3.19. The van der Waals surface area contributed by atoms with Crippen molar-refractivity contribution < 1.29 is 18.0 Å². The van der Waals surface area contributed by atoms with Gasteiger partial charge in [-0.1, -0.05) is 23.8 Å². The Labute approximate surface area is 178 Å². The maximum Gasteiger partial charge on any atom is 0.434 e. The Morgan fingerprint density at radius 1 is 1.10 bits per heavy atom. The number of anilines is 1. The number of hydrogen-bond acceptors (Lipinski definition) is 3. The summed E-state index contributed by atoms with van der Waals surface area (Å²) in [7, 11) is 1.90. The second-order valence-electron chi connectivity index (χ2n) is 8.19.